The Labute approximate surface area is 110 Å². The van der Waals surface area contributed by atoms with Gasteiger partial charge in [-0.25, -0.2) is 0 Å². The Morgan fingerprint density at radius 2 is 1.89 bits per heavy atom. The second kappa shape index (κ2) is 4.65. The molecule has 0 aliphatic heterocycles. The van der Waals surface area contributed by atoms with Crippen molar-refractivity contribution in [1.29, 1.82) is 0 Å². The van der Waals surface area contributed by atoms with E-state index in [1.54, 1.807) is 30.6 Å². The number of ketones is 1. The Bertz CT molecular complexity index is 638. The summed E-state index contributed by atoms with van der Waals surface area (Å²) in [5.41, 5.74) is 2.22. The molecule has 0 bridgehead atoms. The van der Waals surface area contributed by atoms with Crippen LogP contribution in [-0.2, 0) is 6.42 Å². The van der Waals surface area contributed by atoms with Crippen molar-refractivity contribution in [2.45, 2.75) is 12.5 Å². The van der Waals surface area contributed by atoms with Crippen LogP contribution in [0, 0.1) is 0 Å². The minimum Gasteiger partial charge on any atom is -0.342 e. The Balaban J connectivity index is 1.77. The highest BCUT2D eigenvalue weighted by atomic mass is 16.2. The topological polar surface area (TPSA) is 59.1 Å². The normalized spacial score (nSPS) is 17.1. The fourth-order valence-electron chi connectivity index (χ4n) is 2.30. The molecule has 3 rings (SSSR count). The number of nitrogens with zero attached hydrogens (tertiary/aromatic N) is 1. The SMILES string of the molecule is O=C(NC1Cc2ccccc2C1=O)c1ccncc1. The number of rotatable bonds is 2. The van der Waals surface area contributed by atoms with E-state index in [4.69, 9.17) is 0 Å². The molecule has 1 aliphatic carbocycles. The number of Topliss-reactive ketones (excluding diaryl/α,β-unsaturated/α-hetero) is 1. The summed E-state index contributed by atoms with van der Waals surface area (Å²) in [5.74, 6) is -0.258. The van der Waals surface area contributed by atoms with E-state index >= 15 is 0 Å². The Morgan fingerprint density at radius 1 is 1.16 bits per heavy atom. The first kappa shape index (κ1) is 11.6. The molecule has 0 saturated heterocycles. The lowest BCUT2D eigenvalue weighted by Gasteiger charge is -2.10. The zero-order valence-electron chi connectivity index (χ0n) is 10.2. The van der Waals surface area contributed by atoms with E-state index in [2.05, 4.69) is 10.3 Å². The molecule has 1 N–H and O–H groups in total. The van der Waals surface area contributed by atoms with Crippen molar-refractivity contribution < 1.29 is 9.59 Å². The molecule has 1 unspecified atom stereocenters. The molecule has 4 nitrogen and oxygen atoms in total. The summed E-state index contributed by atoms with van der Waals surface area (Å²) >= 11 is 0. The molecule has 94 valence electrons. The minimum atomic E-state index is -0.460. The molecule has 1 amide bonds. The zero-order chi connectivity index (χ0) is 13.2. The molecule has 2 aromatic rings. The highest BCUT2D eigenvalue weighted by molar-refractivity contribution is 6.07. The van der Waals surface area contributed by atoms with Crippen LogP contribution in [0.5, 0.6) is 0 Å². The van der Waals surface area contributed by atoms with Gasteiger partial charge in [0.05, 0.1) is 6.04 Å². The smallest absolute Gasteiger partial charge is 0.251 e. The van der Waals surface area contributed by atoms with Gasteiger partial charge in [0, 0.05) is 29.9 Å². The minimum absolute atomic E-state index is 0.0157. The lowest BCUT2D eigenvalue weighted by atomic mass is 10.1. The monoisotopic (exact) mass is 252 g/mol. The van der Waals surface area contributed by atoms with Gasteiger partial charge in [0.15, 0.2) is 5.78 Å². The molecule has 4 heteroatoms. The third kappa shape index (κ3) is 2.12. The van der Waals surface area contributed by atoms with Gasteiger partial charge in [0.1, 0.15) is 0 Å². The molecule has 1 aromatic carbocycles. The number of aromatic nitrogens is 1. The third-order valence-corrected chi connectivity index (χ3v) is 3.27. The lowest BCUT2D eigenvalue weighted by molar-refractivity contribution is 0.0868. The van der Waals surface area contributed by atoms with Crippen LogP contribution >= 0.6 is 0 Å². The average molecular weight is 252 g/mol. The van der Waals surface area contributed by atoms with Crippen LogP contribution in [0.3, 0.4) is 0 Å². The molecular weight excluding hydrogens is 240 g/mol. The molecule has 0 spiro atoms. The molecular formula is C15H12N2O2. The standard InChI is InChI=1S/C15H12N2O2/c18-14-12-4-2-1-3-11(12)9-13(14)17-15(19)10-5-7-16-8-6-10/h1-8,13H,9H2,(H,17,19). The Hall–Kier alpha value is -2.49. The predicted octanol–water partition coefficient (Wildman–Crippen LogP) is 1.62. The van der Waals surface area contributed by atoms with Gasteiger partial charge < -0.3 is 5.32 Å². The number of carbonyl (C=O) groups excluding carboxylic acids is 2. The van der Waals surface area contributed by atoms with Crippen LogP contribution in [-0.4, -0.2) is 22.7 Å². The lowest BCUT2D eigenvalue weighted by Crippen LogP contribution is -2.39. The van der Waals surface area contributed by atoms with E-state index in [-0.39, 0.29) is 11.7 Å². The summed E-state index contributed by atoms with van der Waals surface area (Å²) in [6.07, 6.45) is 3.67. The van der Waals surface area contributed by atoms with Crippen molar-refractivity contribution in [1.82, 2.24) is 10.3 Å². The van der Waals surface area contributed by atoms with Gasteiger partial charge in [-0.15, -0.1) is 0 Å². The summed E-state index contributed by atoms with van der Waals surface area (Å²) in [5, 5.41) is 2.78. The maximum absolute atomic E-state index is 12.1. The highest BCUT2D eigenvalue weighted by Gasteiger charge is 2.31. The summed E-state index contributed by atoms with van der Waals surface area (Å²) in [4.78, 5) is 28.0. The van der Waals surface area contributed by atoms with E-state index in [0.29, 0.717) is 17.5 Å². The van der Waals surface area contributed by atoms with Crippen molar-refractivity contribution in [3.05, 3.63) is 65.5 Å². The van der Waals surface area contributed by atoms with Crippen LogP contribution in [0.25, 0.3) is 0 Å². The van der Waals surface area contributed by atoms with Crippen LogP contribution in [0.1, 0.15) is 26.3 Å². The van der Waals surface area contributed by atoms with Crippen molar-refractivity contribution in [3.63, 3.8) is 0 Å². The summed E-state index contributed by atoms with van der Waals surface area (Å²) in [7, 11) is 0. The predicted molar refractivity (Wildman–Crippen MR) is 70.0 cm³/mol. The van der Waals surface area contributed by atoms with Crippen molar-refractivity contribution in [2.24, 2.45) is 0 Å². The van der Waals surface area contributed by atoms with Gasteiger partial charge in [0.25, 0.3) is 5.91 Å². The van der Waals surface area contributed by atoms with Gasteiger partial charge in [0.2, 0.25) is 0 Å². The number of nitrogens with one attached hydrogen (secondary N) is 1. The van der Waals surface area contributed by atoms with E-state index in [9.17, 15) is 9.59 Å². The van der Waals surface area contributed by atoms with E-state index in [0.717, 1.165) is 5.56 Å². The average Bonchev–Trinajstić information content (AvgIpc) is 2.77. The van der Waals surface area contributed by atoms with E-state index in [1.165, 1.54) is 0 Å². The van der Waals surface area contributed by atoms with Crippen LogP contribution in [0.2, 0.25) is 0 Å². The number of benzene rings is 1. The first-order valence-corrected chi connectivity index (χ1v) is 6.09. The van der Waals surface area contributed by atoms with Gasteiger partial charge in [-0.2, -0.15) is 0 Å². The molecule has 19 heavy (non-hydrogen) atoms. The molecule has 0 radical (unpaired) electrons. The summed E-state index contributed by atoms with van der Waals surface area (Å²) in [6.45, 7) is 0. The van der Waals surface area contributed by atoms with Crippen LogP contribution < -0.4 is 5.32 Å². The van der Waals surface area contributed by atoms with E-state index in [1.807, 2.05) is 18.2 Å². The van der Waals surface area contributed by atoms with Crippen LogP contribution in [0.4, 0.5) is 0 Å². The number of carbonyl (C=O) groups is 2. The maximum Gasteiger partial charge on any atom is 0.251 e. The summed E-state index contributed by atoms with van der Waals surface area (Å²) in [6, 6.07) is 10.3. The second-order valence-electron chi connectivity index (χ2n) is 4.49. The largest absolute Gasteiger partial charge is 0.342 e. The Kier molecular flexibility index (Phi) is 2.83. The van der Waals surface area contributed by atoms with Crippen molar-refractivity contribution in [3.8, 4) is 0 Å². The third-order valence-electron chi connectivity index (χ3n) is 3.27. The quantitative estimate of drug-likeness (QED) is 0.883. The molecule has 1 aromatic heterocycles. The molecule has 1 heterocycles. The number of hydrogen-bond donors (Lipinski definition) is 1. The Morgan fingerprint density at radius 3 is 2.63 bits per heavy atom. The number of fused-ring (bicyclic) bond motifs is 1. The number of amides is 1. The molecule has 1 aliphatic rings. The van der Waals surface area contributed by atoms with Gasteiger partial charge in [-0.1, -0.05) is 24.3 Å². The van der Waals surface area contributed by atoms with Gasteiger partial charge in [-0.05, 0) is 17.7 Å². The van der Waals surface area contributed by atoms with Gasteiger partial charge in [-0.3, -0.25) is 14.6 Å². The second-order valence-corrected chi connectivity index (χ2v) is 4.49. The molecule has 0 fully saturated rings. The van der Waals surface area contributed by atoms with Crippen LogP contribution in [0.15, 0.2) is 48.8 Å². The maximum atomic E-state index is 12.1. The molecule has 0 saturated carbocycles. The number of hydrogen-bond acceptors (Lipinski definition) is 3. The highest BCUT2D eigenvalue weighted by Crippen LogP contribution is 2.21. The first-order valence-electron chi connectivity index (χ1n) is 6.09. The van der Waals surface area contributed by atoms with E-state index < -0.39 is 6.04 Å². The summed E-state index contributed by atoms with van der Waals surface area (Å²) < 4.78 is 0. The van der Waals surface area contributed by atoms with Gasteiger partial charge >= 0.3 is 0 Å². The first-order chi connectivity index (χ1) is 9.25. The molecule has 1 atom stereocenters. The fraction of sp³-hybridized carbons (Fsp3) is 0.133. The zero-order valence-corrected chi connectivity index (χ0v) is 10.2. The van der Waals surface area contributed by atoms with Crippen molar-refractivity contribution >= 4 is 11.7 Å². The van der Waals surface area contributed by atoms with Crippen molar-refractivity contribution in [2.75, 3.05) is 0 Å². The fourth-order valence-corrected chi connectivity index (χ4v) is 2.30. The number of pyridine rings is 1.